The van der Waals surface area contributed by atoms with Crippen molar-refractivity contribution in [1.82, 2.24) is 4.90 Å². The molecule has 1 heterocycles. The van der Waals surface area contributed by atoms with Crippen LogP contribution in [0.25, 0.3) is 0 Å². The van der Waals surface area contributed by atoms with Gasteiger partial charge in [-0.1, -0.05) is 12.1 Å². The number of aliphatic hydroxyl groups is 1. The highest BCUT2D eigenvalue weighted by Gasteiger charge is 2.36. The quantitative estimate of drug-likeness (QED) is 0.886. The third kappa shape index (κ3) is 2.31. The van der Waals surface area contributed by atoms with Crippen LogP contribution in [0.4, 0.5) is 0 Å². The summed E-state index contributed by atoms with van der Waals surface area (Å²) >= 11 is 0. The van der Waals surface area contributed by atoms with Crippen LogP contribution >= 0.6 is 0 Å². The minimum atomic E-state index is -0.813. The van der Waals surface area contributed by atoms with Gasteiger partial charge in [0.1, 0.15) is 0 Å². The fourth-order valence-electron chi connectivity index (χ4n) is 2.51. The van der Waals surface area contributed by atoms with Crippen molar-refractivity contribution in [3.8, 4) is 11.5 Å². The molecular weight excluding hydrogens is 230 g/mol. The number of likely N-dealkylation sites (tertiary alicyclic amines) is 1. The zero-order valence-corrected chi connectivity index (χ0v) is 11.3. The Morgan fingerprint density at radius 2 is 1.83 bits per heavy atom. The number of benzene rings is 1. The summed E-state index contributed by atoms with van der Waals surface area (Å²) in [4.78, 5) is 2.22. The Morgan fingerprint density at radius 1 is 1.17 bits per heavy atom. The summed E-state index contributed by atoms with van der Waals surface area (Å²) in [5, 5.41) is 10.8. The van der Waals surface area contributed by atoms with Gasteiger partial charge in [0, 0.05) is 18.7 Å². The summed E-state index contributed by atoms with van der Waals surface area (Å²) in [7, 11) is 5.29. The molecule has 2 rings (SSSR count). The maximum Gasteiger partial charge on any atom is 0.166 e. The Balaban J connectivity index is 2.38. The van der Waals surface area contributed by atoms with Gasteiger partial charge in [0.15, 0.2) is 11.5 Å². The van der Waals surface area contributed by atoms with Gasteiger partial charge in [-0.2, -0.15) is 0 Å². The second kappa shape index (κ2) is 5.16. The Labute approximate surface area is 108 Å². The van der Waals surface area contributed by atoms with Crippen LogP contribution in [0.3, 0.4) is 0 Å². The van der Waals surface area contributed by atoms with Crippen molar-refractivity contribution in [2.24, 2.45) is 0 Å². The molecular formula is C14H21NO3. The number of hydrogen-bond acceptors (Lipinski definition) is 4. The van der Waals surface area contributed by atoms with E-state index in [0.29, 0.717) is 24.3 Å². The van der Waals surface area contributed by atoms with E-state index in [1.165, 1.54) is 0 Å². The van der Waals surface area contributed by atoms with Crippen LogP contribution in [-0.4, -0.2) is 44.4 Å². The van der Waals surface area contributed by atoms with Gasteiger partial charge in [0.25, 0.3) is 0 Å². The number of rotatable bonds is 3. The molecule has 18 heavy (non-hydrogen) atoms. The smallest absolute Gasteiger partial charge is 0.166 e. The number of nitrogens with zero attached hydrogens (tertiary/aromatic N) is 1. The van der Waals surface area contributed by atoms with Gasteiger partial charge >= 0.3 is 0 Å². The molecule has 100 valence electrons. The topological polar surface area (TPSA) is 41.9 Å². The van der Waals surface area contributed by atoms with Crippen molar-refractivity contribution >= 4 is 0 Å². The van der Waals surface area contributed by atoms with Gasteiger partial charge in [0.05, 0.1) is 19.8 Å². The Hall–Kier alpha value is -1.26. The number of methoxy groups -OCH3 is 2. The molecule has 1 aliphatic heterocycles. The lowest BCUT2D eigenvalue weighted by Crippen LogP contribution is -2.40. The summed E-state index contributed by atoms with van der Waals surface area (Å²) in [5.74, 6) is 1.31. The molecule has 1 aliphatic rings. The molecule has 0 spiro atoms. The highest BCUT2D eigenvalue weighted by atomic mass is 16.5. The summed E-state index contributed by atoms with van der Waals surface area (Å²) in [6.45, 7) is 1.77. The number of para-hydroxylation sites is 1. The van der Waals surface area contributed by atoms with Crippen LogP contribution in [0.15, 0.2) is 18.2 Å². The molecule has 0 saturated carbocycles. The average molecular weight is 251 g/mol. The monoisotopic (exact) mass is 251 g/mol. The van der Waals surface area contributed by atoms with Crippen molar-refractivity contribution in [1.29, 1.82) is 0 Å². The van der Waals surface area contributed by atoms with E-state index in [2.05, 4.69) is 11.9 Å². The number of piperidine rings is 1. The van der Waals surface area contributed by atoms with E-state index >= 15 is 0 Å². The van der Waals surface area contributed by atoms with Crippen LogP contribution in [0.1, 0.15) is 18.4 Å². The number of ether oxygens (including phenoxy) is 2. The van der Waals surface area contributed by atoms with Gasteiger partial charge in [0.2, 0.25) is 0 Å². The van der Waals surface area contributed by atoms with Gasteiger partial charge in [-0.25, -0.2) is 0 Å². The van der Waals surface area contributed by atoms with Crippen LogP contribution in [0.5, 0.6) is 11.5 Å². The van der Waals surface area contributed by atoms with Crippen molar-refractivity contribution in [3.63, 3.8) is 0 Å². The van der Waals surface area contributed by atoms with Crippen molar-refractivity contribution < 1.29 is 14.6 Å². The predicted molar refractivity (Wildman–Crippen MR) is 70.2 cm³/mol. The van der Waals surface area contributed by atoms with E-state index < -0.39 is 5.60 Å². The van der Waals surface area contributed by atoms with Gasteiger partial charge < -0.3 is 19.5 Å². The first kappa shape index (κ1) is 13.2. The van der Waals surface area contributed by atoms with Crippen LogP contribution < -0.4 is 9.47 Å². The molecule has 0 unspecified atom stereocenters. The third-order valence-corrected chi connectivity index (χ3v) is 3.72. The SMILES string of the molecule is COc1cccc(C2(O)CCN(C)CC2)c1OC. The number of hydrogen-bond donors (Lipinski definition) is 1. The van der Waals surface area contributed by atoms with Crippen molar-refractivity contribution in [3.05, 3.63) is 23.8 Å². The van der Waals surface area contributed by atoms with Gasteiger partial charge in [-0.3, -0.25) is 0 Å². The maximum absolute atomic E-state index is 10.8. The van der Waals surface area contributed by atoms with Gasteiger partial charge in [-0.15, -0.1) is 0 Å². The standard InChI is InChI=1S/C14H21NO3/c1-15-9-7-14(16,8-10-15)11-5-4-6-12(17-2)13(11)18-3/h4-6,16H,7-10H2,1-3H3. The largest absolute Gasteiger partial charge is 0.493 e. The average Bonchev–Trinajstić information content (AvgIpc) is 2.41. The Morgan fingerprint density at radius 3 is 2.39 bits per heavy atom. The Bertz CT molecular complexity index is 412. The molecule has 1 N–H and O–H groups in total. The van der Waals surface area contributed by atoms with E-state index in [4.69, 9.17) is 9.47 Å². The van der Waals surface area contributed by atoms with Crippen molar-refractivity contribution in [2.75, 3.05) is 34.4 Å². The van der Waals surface area contributed by atoms with E-state index in [1.807, 2.05) is 18.2 Å². The third-order valence-electron chi connectivity index (χ3n) is 3.72. The minimum Gasteiger partial charge on any atom is -0.493 e. The zero-order chi connectivity index (χ0) is 13.2. The normalized spacial score (nSPS) is 19.6. The van der Waals surface area contributed by atoms with Crippen LogP contribution in [-0.2, 0) is 5.60 Å². The highest BCUT2D eigenvalue weighted by molar-refractivity contribution is 5.49. The van der Waals surface area contributed by atoms with E-state index in [1.54, 1.807) is 14.2 Å². The molecule has 0 aliphatic carbocycles. The second-order valence-electron chi connectivity index (χ2n) is 4.88. The molecule has 1 fully saturated rings. The molecule has 1 aromatic carbocycles. The lowest BCUT2D eigenvalue weighted by atomic mass is 9.84. The summed E-state index contributed by atoms with van der Waals surface area (Å²) < 4.78 is 10.7. The summed E-state index contributed by atoms with van der Waals surface area (Å²) in [6.07, 6.45) is 1.43. The molecule has 1 aromatic rings. The fourth-order valence-corrected chi connectivity index (χ4v) is 2.51. The molecule has 4 nitrogen and oxygen atoms in total. The maximum atomic E-state index is 10.8. The molecule has 0 amide bonds. The van der Waals surface area contributed by atoms with Crippen LogP contribution in [0, 0.1) is 0 Å². The van der Waals surface area contributed by atoms with Gasteiger partial charge in [-0.05, 0) is 26.0 Å². The van der Waals surface area contributed by atoms with Crippen molar-refractivity contribution in [2.45, 2.75) is 18.4 Å². The van der Waals surface area contributed by atoms with Crippen LogP contribution in [0.2, 0.25) is 0 Å². The molecule has 0 aromatic heterocycles. The summed E-state index contributed by atoms with van der Waals surface area (Å²) in [6, 6.07) is 5.67. The minimum absolute atomic E-state index is 0.645. The molecule has 1 saturated heterocycles. The lowest BCUT2D eigenvalue weighted by Gasteiger charge is -2.37. The first-order chi connectivity index (χ1) is 8.60. The van der Waals surface area contributed by atoms with E-state index in [0.717, 1.165) is 18.7 Å². The predicted octanol–water partition coefficient (Wildman–Crippen LogP) is 1.62. The molecule has 4 heteroatoms. The zero-order valence-electron chi connectivity index (χ0n) is 11.3. The second-order valence-corrected chi connectivity index (χ2v) is 4.88. The lowest BCUT2D eigenvalue weighted by molar-refractivity contribution is -0.0221. The fraction of sp³-hybridized carbons (Fsp3) is 0.571. The first-order valence-corrected chi connectivity index (χ1v) is 6.23. The van der Waals surface area contributed by atoms with E-state index in [9.17, 15) is 5.11 Å². The summed E-state index contributed by atoms with van der Waals surface area (Å²) in [5.41, 5.74) is 0.0179. The molecule has 0 radical (unpaired) electrons. The first-order valence-electron chi connectivity index (χ1n) is 6.23. The van der Waals surface area contributed by atoms with E-state index in [-0.39, 0.29) is 0 Å². The molecule has 0 bridgehead atoms. The molecule has 0 atom stereocenters. The Kier molecular flexibility index (Phi) is 3.78. The highest BCUT2D eigenvalue weighted by Crippen LogP contribution is 2.42.